The maximum atomic E-state index is 13.5. The second-order valence-electron chi connectivity index (χ2n) is 14.7. The lowest BCUT2D eigenvalue weighted by Gasteiger charge is -2.42. The summed E-state index contributed by atoms with van der Waals surface area (Å²) in [7, 11) is -0.484. The third kappa shape index (κ3) is 9.12. The third-order valence-electron chi connectivity index (χ3n) is 8.77. The molecule has 254 valence electrons. The van der Waals surface area contributed by atoms with Gasteiger partial charge in [0, 0.05) is 20.0 Å². The van der Waals surface area contributed by atoms with Gasteiger partial charge >= 0.3 is 11.8 Å². The number of rotatable bonds is 7. The van der Waals surface area contributed by atoms with E-state index in [1.54, 1.807) is 33.9 Å². The summed E-state index contributed by atoms with van der Waals surface area (Å²) in [6, 6.07) is 14.6. The molecular formula is C35H48N4O7Si. The van der Waals surface area contributed by atoms with Gasteiger partial charge in [0.25, 0.3) is 5.91 Å². The van der Waals surface area contributed by atoms with Crippen LogP contribution in [0.3, 0.4) is 0 Å². The minimum atomic E-state index is -2.15. The summed E-state index contributed by atoms with van der Waals surface area (Å²) in [6.45, 7) is 16.7. The molecule has 47 heavy (non-hydrogen) atoms. The number of hydrogen-bond acceptors (Lipinski definition) is 8. The Labute approximate surface area is 277 Å². The zero-order valence-corrected chi connectivity index (χ0v) is 30.0. The van der Waals surface area contributed by atoms with Crippen LogP contribution < -0.4 is 11.1 Å². The molecule has 2 heterocycles. The van der Waals surface area contributed by atoms with E-state index < -0.39 is 43.8 Å². The highest BCUT2D eigenvalue weighted by Gasteiger charge is 2.41. The van der Waals surface area contributed by atoms with Crippen LogP contribution in [0.25, 0.3) is 22.2 Å². The first kappa shape index (κ1) is 35.9. The summed E-state index contributed by atoms with van der Waals surface area (Å²) < 4.78 is 25.0. The van der Waals surface area contributed by atoms with Crippen molar-refractivity contribution in [3.63, 3.8) is 0 Å². The van der Waals surface area contributed by atoms with E-state index >= 15 is 0 Å². The number of nitrogens with zero attached hydrogens (tertiary/aromatic N) is 3. The van der Waals surface area contributed by atoms with Crippen molar-refractivity contribution < 1.29 is 27.9 Å². The summed E-state index contributed by atoms with van der Waals surface area (Å²) in [4.78, 5) is 40.1. The Balaban J connectivity index is 1.44. The monoisotopic (exact) mass is 664 g/mol. The van der Waals surface area contributed by atoms with Crippen molar-refractivity contribution in [2.45, 2.75) is 96.4 Å². The number of oxazole rings is 1. The Kier molecular flexibility index (Phi) is 10.7. The Bertz CT molecular complexity index is 1680. The molecule has 1 fully saturated rings. The number of amides is 2. The van der Waals surface area contributed by atoms with Crippen molar-refractivity contribution >= 4 is 31.4 Å². The van der Waals surface area contributed by atoms with Gasteiger partial charge in [-0.05, 0) is 74.1 Å². The number of benzene rings is 2. The predicted octanol–water partition coefficient (Wildman–Crippen LogP) is 5.77. The molecule has 1 saturated heterocycles. The maximum Gasteiger partial charge on any atom is 0.419 e. The molecule has 0 spiro atoms. The number of ether oxygens (including phenoxy) is 2. The van der Waals surface area contributed by atoms with Crippen LogP contribution in [0.1, 0.15) is 53.5 Å². The SMILES string of the molecule is Cn1c(=O)oc2ccc(-c3ccc(C[C@@H](C#N)NC(=O)[C@@H]4CN(C(=O)OC(C)(C)C)C[C@@H](O[Si](C)(C)C(C)(C)C)CCO4)cc3)cc21. The van der Waals surface area contributed by atoms with Crippen molar-refractivity contribution in [3.05, 3.63) is 58.6 Å². The van der Waals surface area contributed by atoms with Gasteiger partial charge in [0.1, 0.15) is 11.6 Å². The second kappa shape index (κ2) is 14.1. The molecule has 1 N–H and O–H groups in total. The second-order valence-corrected chi connectivity index (χ2v) is 19.5. The summed E-state index contributed by atoms with van der Waals surface area (Å²) >= 11 is 0. The molecule has 4 rings (SSSR count). The van der Waals surface area contributed by atoms with Crippen molar-refractivity contribution in [1.29, 1.82) is 5.26 Å². The fraction of sp³-hybridized carbons (Fsp3) is 0.543. The fourth-order valence-electron chi connectivity index (χ4n) is 5.10. The van der Waals surface area contributed by atoms with E-state index in [9.17, 15) is 19.6 Å². The Morgan fingerprint density at radius 3 is 2.34 bits per heavy atom. The molecule has 3 atom stereocenters. The number of fused-ring (bicyclic) bond motifs is 1. The van der Waals surface area contributed by atoms with Crippen molar-refractivity contribution in [2.24, 2.45) is 7.05 Å². The number of aryl methyl sites for hydroxylation is 1. The first-order valence-electron chi connectivity index (χ1n) is 16.0. The van der Waals surface area contributed by atoms with E-state index in [1.165, 1.54) is 9.47 Å². The van der Waals surface area contributed by atoms with Crippen LogP contribution in [-0.4, -0.2) is 73.3 Å². The van der Waals surface area contributed by atoms with Gasteiger partial charge in [-0.2, -0.15) is 5.26 Å². The number of nitrogens with one attached hydrogen (secondary N) is 1. The van der Waals surface area contributed by atoms with Crippen molar-refractivity contribution in [2.75, 3.05) is 19.7 Å². The van der Waals surface area contributed by atoms with E-state index in [2.05, 4.69) is 45.3 Å². The van der Waals surface area contributed by atoms with Gasteiger partial charge in [-0.3, -0.25) is 9.36 Å². The molecule has 0 aliphatic carbocycles. The van der Waals surface area contributed by atoms with E-state index in [-0.39, 0.29) is 37.3 Å². The third-order valence-corrected chi connectivity index (χ3v) is 13.3. The van der Waals surface area contributed by atoms with Crippen LogP contribution in [0, 0.1) is 11.3 Å². The van der Waals surface area contributed by atoms with Crippen LogP contribution in [0.15, 0.2) is 51.7 Å². The topological polar surface area (TPSA) is 136 Å². The molecule has 1 aliphatic heterocycles. The van der Waals surface area contributed by atoms with Gasteiger partial charge in [0.15, 0.2) is 20.0 Å². The number of hydrogen-bond donors (Lipinski definition) is 1. The van der Waals surface area contributed by atoms with Crippen LogP contribution in [-0.2, 0) is 32.2 Å². The number of carbonyl (C=O) groups excluding carboxylic acids is 2. The van der Waals surface area contributed by atoms with Gasteiger partial charge in [0.05, 0.1) is 30.8 Å². The Morgan fingerprint density at radius 2 is 1.72 bits per heavy atom. The lowest BCUT2D eigenvalue weighted by Crippen LogP contribution is -2.54. The van der Waals surface area contributed by atoms with E-state index in [0.29, 0.717) is 17.5 Å². The minimum absolute atomic E-state index is 0.0162. The Morgan fingerprint density at radius 1 is 1.06 bits per heavy atom. The molecule has 1 aromatic heterocycles. The standard InChI is InChI=1S/C35H48N4O7Si/c1-34(2,3)45-33(42)39-21-27(46-47(8,9)35(4,5)6)16-17-43-30(22-39)31(40)37-26(20-36)18-23-10-12-24(13-11-23)25-14-15-29-28(19-25)38(7)32(41)44-29/h10-15,19,26-27,30H,16-18,21-22H2,1-9H3,(H,37,40)/t26-,27-,30-/m0/s1. The fourth-order valence-corrected chi connectivity index (χ4v) is 6.48. The van der Waals surface area contributed by atoms with Gasteiger partial charge in [0.2, 0.25) is 0 Å². The minimum Gasteiger partial charge on any atom is -0.444 e. The highest BCUT2D eigenvalue weighted by atomic mass is 28.4. The molecule has 0 bridgehead atoms. The predicted molar refractivity (Wildman–Crippen MR) is 182 cm³/mol. The van der Waals surface area contributed by atoms with E-state index in [1.807, 2.05) is 36.4 Å². The van der Waals surface area contributed by atoms with E-state index in [0.717, 1.165) is 16.7 Å². The van der Waals surface area contributed by atoms with E-state index in [4.69, 9.17) is 18.3 Å². The lowest BCUT2D eigenvalue weighted by atomic mass is 10.0. The normalized spacial score (nSPS) is 18.6. The van der Waals surface area contributed by atoms with Crippen LogP contribution in [0.2, 0.25) is 18.1 Å². The molecule has 2 aromatic carbocycles. The molecule has 11 nitrogen and oxygen atoms in total. The zero-order valence-electron chi connectivity index (χ0n) is 29.0. The highest BCUT2D eigenvalue weighted by Crippen LogP contribution is 2.38. The average Bonchev–Trinajstić information content (AvgIpc) is 3.24. The first-order valence-corrected chi connectivity index (χ1v) is 18.9. The molecular weight excluding hydrogens is 616 g/mol. The molecule has 0 radical (unpaired) electrons. The number of nitriles is 1. The van der Waals surface area contributed by atoms with Crippen LogP contribution in [0.4, 0.5) is 4.79 Å². The van der Waals surface area contributed by atoms with Crippen LogP contribution >= 0.6 is 0 Å². The zero-order chi connectivity index (χ0) is 34.7. The van der Waals surface area contributed by atoms with Crippen molar-refractivity contribution in [1.82, 2.24) is 14.8 Å². The average molecular weight is 665 g/mol. The summed E-state index contributed by atoms with van der Waals surface area (Å²) in [5, 5.41) is 12.7. The van der Waals surface area contributed by atoms with Gasteiger partial charge in [-0.15, -0.1) is 0 Å². The Hall–Kier alpha value is -3.92. The summed E-state index contributed by atoms with van der Waals surface area (Å²) in [6.07, 6.45) is -1.01. The maximum absolute atomic E-state index is 13.5. The van der Waals surface area contributed by atoms with Crippen molar-refractivity contribution in [3.8, 4) is 17.2 Å². The quantitative estimate of drug-likeness (QED) is 0.315. The van der Waals surface area contributed by atoms with Gasteiger partial charge in [-0.1, -0.05) is 51.1 Å². The molecule has 0 saturated carbocycles. The number of aromatic nitrogens is 1. The summed E-state index contributed by atoms with van der Waals surface area (Å²) in [5.41, 5.74) is 3.20. The van der Waals surface area contributed by atoms with Gasteiger partial charge < -0.3 is 28.5 Å². The van der Waals surface area contributed by atoms with Gasteiger partial charge in [-0.25, -0.2) is 9.59 Å². The molecule has 3 aromatic rings. The lowest BCUT2D eigenvalue weighted by molar-refractivity contribution is -0.136. The highest BCUT2D eigenvalue weighted by molar-refractivity contribution is 6.74. The molecule has 1 aliphatic rings. The molecule has 0 unspecified atom stereocenters. The largest absolute Gasteiger partial charge is 0.444 e. The molecule has 2 amide bonds. The summed E-state index contributed by atoms with van der Waals surface area (Å²) in [5.74, 6) is -0.885. The smallest absolute Gasteiger partial charge is 0.419 e. The number of carbonyl (C=O) groups is 2. The first-order chi connectivity index (χ1) is 21.9. The molecule has 12 heteroatoms. The van der Waals surface area contributed by atoms with Crippen LogP contribution in [0.5, 0.6) is 0 Å².